The van der Waals surface area contributed by atoms with Gasteiger partial charge < -0.3 is 37.5 Å². The van der Waals surface area contributed by atoms with Crippen LogP contribution in [0.15, 0.2) is 171 Å². The Kier molecular flexibility index (Phi) is 39.5. The largest absolute Gasteiger partial charge is 0.475 e. The first-order valence-electron chi connectivity index (χ1n) is 45.5. The summed E-state index contributed by atoms with van der Waals surface area (Å²) in [4.78, 5) is 171. The molecule has 144 heavy (non-hydrogen) atoms. The lowest BCUT2D eigenvalue weighted by molar-refractivity contribution is -0.0684. The van der Waals surface area contributed by atoms with Crippen LogP contribution in [0.3, 0.4) is 0 Å². The Balaban J connectivity index is 0.827. The zero-order chi connectivity index (χ0) is 105. The number of phosphoric acid groups is 5. The smallest absolute Gasteiger partial charge is 0.352 e. The van der Waals surface area contributed by atoms with Crippen molar-refractivity contribution < 1.29 is 128 Å². The Labute approximate surface area is 821 Å². The van der Waals surface area contributed by atoms with Gasteiger partial charge in [0.05, 0.1) is 91.0 Å². The molecule has 0 spiro atoms. The molecule has 0 radical (unpaired) electrons. The first-order valence-corrected chi connectivity index (χ1v) is 54.0. The van der Waals surface area contributed by atoms with Gasteiger partial charge in [-0.2, -0.15) is 0 Å². The maximum atomic E-state index is 15.8. The maximum Gasteiger partial charge on any atom is 0.475 e. The van der Waals surface area contributed by atoms with Crippen molar-refractivity contribution in [1.82, 2.24) is 62.0 Å². The first-order chi connectivity index (χ1) is 68.3. The van der Waals surface area contributed by atoms with E-state index in [-0.39, 0.29) is 71.3 Å². The molecule has 0 aromatic carbocycles. The van der Waals surface area contributed by atoms with E-state index in [9.17, 15) is 57.5 Å². The van der Waals surface area contributed by atoms with Crippen LogP contribution in [0.1, 0.15) is 150 Å². The molecule has 794 valence electrons. The topological polar surface area (TPSA) is 630 Å². The van der Waals surface area contributed by atoms with Gasteiger partial charge in [-0.15, -0.1) is 39.5 Å². The molecule has 59 heteroatoms. The van der Waals surface area contributed by atoms with Crippen LogP contribution in [0.2, 0.25) is 0 Å². The van der Waals surface area contributed by atoms with Crippen molar-refractivity contribution in [2.45, 2.75) is 244 Å². The second kappa shape index (κ2) is 50.0. The van der Waals surface area contributed by atoms with Crippen LogP contribution in [-0.2, 0) is 128 Å². The van der Waals surface area contributed by atoms with E-state index < -0.39 is 318 Å². The number of nitrogens with one attached hydrogen (secondary N) is 6. The van der Waals surface area contributed by atoms with E-state index in [1.807, 2.05) is 32.4 Å². The van der Waals surface area contributed by atoms with Crippen molar-refractivity contribution in [3.05, 3.63) is 272 Å². The molecule has 6 aromatic heterocycles. The number of hydrogen-bond donors (Lipinski definition) is 6. The molecule has 6 fully saturated rings. The zero-order valence-electron chi connectivity index (χ0n) is 80.6. The molecular weight excluding hydrogens is 2030 g/mol. The van der Waals surface area contributed by atoms with Gasteiger partial charge in [0, 0.05) is 121 Å². The normalized spacial score (nSPS) is 26.7. The average molecular weight is 2150 g/mol. The number of aromatic nitrogens is 12. The maximum absolute atomic E-state index is 15.8. The van der Waals surface area contributed by atoms with Crippen molar-refractivity contribution in [3.8, 4) is 0 Å². The molecule has 24 atom stereocenters. The highest BCUT2D eigenvalue weighted by Gasteiger charge is 2.54. The summed E-state index contributed by atoms with van der Waals surface area (Å²) in [6.45, 7) is 32.7. The molecule has 0 amide bonds. The number of ether oxygens (including phenoxy) is 6. The third-order valence-electron chi connectivity index (χ3n) is 23.1. The summed E-state index contributed by atoms with van der Waals surface area (Å²) >= 11 is 0. The predicted octanol–water partition coefficient (Wildman–Crippen LogP) is 7.77. The van der Waals surface area contributed by atoms with E-state index in [0.717, 1.165) is 58.0 Å². The molecular formula is C85H119N13O40P6. The Morgan fingerprint density at radius 2 is 0.507 bits per heavy atom. The molecule has 53 nitrogen and oxygen atoms in total. The number of hydrogen-bond acceptors (Lipinski definition) is 41. The van der Waals surface area contributed by atoms with Gasteiger partial charge >= 0.3 is 73.3 Å². The van der Waals surface area contributed by atoms with Crippen LogP contribution in [0.5, 0.6) is 0 Å². The molecule has 6 saturated heterocycles. The molecule has 12 heterocycles. The van der Waals surface area contributed by atoms with Gasteiger partial charge in [-0.05, 0) is 75.7 Å². The average Bonchev–Trinajstić information content (AvgIpc) is 1.65. The number of aromatic amines is 6. The fourth-order valence-corrected chi connectivity index (χ4v) is 24.6. The lowest BCUT2D eigenvalue weighted by atomic mass is 10.1. The lowest BCUT2D eigenvalue weighted by Gasteiger charge is -2.37. The summed E-state index contributed by atoms with van der Waals surface area (Å²) in [6, 6.07) is -0.325. The quantitative estimate of drug-likeness (QED) is 0.0157. The molecule has 0 aliphatic carbocycles. The Bertz CT molecular complexity index is 6650. The van der Waals surface area contributed by atoms with E-state index >= 15 is 22.8 Å². The van der Waals surface area contributed by atoms with Crippen molar-refractivity contribution in [1.29, 1.82) is 0 Å². The van der Waals surface area contributed by atoms with Gasteiger partial charge in [0.2, 0.25) is 0 Å². The van der Waals surface area contributed by atoms with E-state index in [1.54, 1.807) is 6.92 Å². The standard InChI is InChI=1S/C85H119N13O40P6/c1-18-25-116-139(98(48(8)9)49(10)11)133-57-31-68(92-37-50(12)74(99)86-80(92)105)128-63(57)43-122-141(112,118-27-20-3)135-59-33-70(94-39-52(14)76(101)88-82(94)107)130-65(59)45-124-143(114,120-29-22-5)137-61-35-72(96-41-54(16)78(103)90-84(96)109)132-67(61)47-126-144(115,121-30-23-6)138-62-36-73(97-42-55(17)79(104)91-85(97)110)131-66(62)46-125-142(113,119-28-21-4)136-60-34-71(95-40-53(15)77(102)89-83(95)108)129-64(60)44-123-140(111,117-26-19-2)134-58-32-69(127-56(58)24-7)93-38-51(13)75(100)87-81(93)106/h18-23,37-42,48-49,56-73H,1-6,24-36,43-47H2,7-17H3,(H,86,99,105)(H,87,100,106)(H,88,101,107)(H,89,102,108)(H,90,103,109)(H,91,104,110). The van der Waals surface area contributed by atoms with Gasteiger partial charge in [0.15, 0.2) is 0 Å². The summed E-state index contributed by atoms with van der Waals surface area (Å²) in [5.74, 6) is 0. The summed E-state index contributed by atoms with van der Waals surface area (Å²) in [5.41, 5.74) is -9.73. The van der Waals surface area contributed by atoms with Crippen LogP contribution >= 0.6 is 47.6 Å². The first kappa shape index (κ1) is 114. The molecule has 6 aliphatic rings. The van der Waals surface area contributed by atoms with E-state index in [0.29, 0.717) is 0 Å². The van der Waals surface area contributed by atoms with Gasteiger partial charge in [-0.25, -0.2) is 56.3 Å². The van der Waals surface area contributed by atoms with Crippen molar-refractivity contribution >= 4 is 47.6 Å². The number of nitrogens with zero attached hydrogens (tertiary/aromatic N) is 7. The zero-order valence-corrected chi connectivity index (χ0v) is 86.0. The van der Waals surface area contributed by atoms with Gasteiger partial charge in [0.1, 0.15) is 92.3 Å². The highest BCUT2D eigenvalue weighted by Crippen LogP contribution is 2.61. The third kappa shape index (κ3) is 28.6. The second-order valence-electron chi connectivity index (χ2n) is 34.4. The van der Waals surface area contributed by atoms with E-state index in [2.05, 4.69) is 69.4 Å². The Hall–Kier alpha value is -8.86. The number of rotatable bonds is 55. The summed E-state index contributed by atoms with van der Waals surface area (Å²) in [5, 5.41) is 0. The van der Waals surface area contributed by atoms with Crippen molar-refractivity contribution in [2.24, 2.45) is 0 Å². The molecule has 6 aliphatic heterocycles. The highest BCUT2D eigenvalue weighted by molar-refractivity contribution is 7.49. The Morgan fingerprint density at radius 1 is 0.319 bits per heavy atom. The van der Waals surface area contributed by atoms with Gasteiger partial charge in [-0.1, -0.05) is 43.4 Å². The highest BCUT2D eigenvalue weighted by atomic mass is 31.2. The number of H-pyrrole nitrogens is 6. The fraction of sp³-hybridized carbons (Fsp3) is 0.576. The van der Waals surface area contributed by atoms with Crippen LogP contribution in [0, 0.1) is 41.5 Å². The van der Waals surface area contributed by atoms with E-state index in [4.69, 9.17) is 105 Å². The lowest BCUT2D eigenvalue weighted by Crippen LogP contribution is -2.36. The molecule has 0 saturated carbocycles. The number of aryl methyl sites for hydroxylation is 6. The molecule has 0 bridgehead atoms. The van der Waals surface area contributed by atoms with Gasteiger partial charge in [0.25, 0.3) is 41.9 Å². The van der Waals surface area contributed by atoms with E-state index in [1.165, 1.54) is 84.6 Å². The Morgan fingerprint density at radius 3 is 0.701 bits per heavy atom. The fourth-order valence-electron chi connectivity index (χ4n) is 16.0. The van der Waals surface area contributed by atoms with Crippen LogP contribution in [0.25, 0.3) is 0 Å². The molecule has 24 unspecified atom stereocenters. The minimum atomic E-state index is -5.34. The summed E-state index contributed by atoms with van der Waals surface area (Å²) < 4.78 is 228. The summed E-state index contributed by atoms with van der Waals surface area (Å²) in [7, 11) is -27.8. The second-order valence-corrected chi connectivity index (χ2v) is 43.9. The van der Waals surface area contributed by atoms with Gasteiger partial charge in [-0.3, -0.25) is 154 Å². The number of phosphoric ester groups is 5. The molecule has 12 rings (SSSR count). The monoisotopic (exact) mass is 2150 g/mol. The minimum Gasteiger partial charge on any atom is -0.352 e. The summed E-state index contributed by atoms with van der Waals surface area (Å²) in [6.07, 6.45) is -13.2. The molecule has 6 aromatic rings. The van der Waals surface area contributed by atoms with Crippen molar-refractivity contribution in [2.75, 3.05) is 72.7 Å². The van der Waals surface area contributed by atoms with Crippen LogP contribution in [-0.4, -0.2) is 220 Å². The SMILES string of the molecule is C=CCOP(OC1CC(n2cc(C)c(=O)[nH]c2=O)OC1COP(=O)(OCC=C)OC1CC(n2cc(C)c(=O)[nH]c2=O)OC1COP(=O)(OCC=C)OC1CC(n2cc(C)c(=O)[nH]c2=O)OC1COP(=O)(OCC=C)OC1CC(n2cc(C)c(=O)[nH]c2=O)OC1COP(=O)(OCC=C)OC1CC(n2cc(C)c(=O)[nH]c2=O)OC1COP(=O)(OCC=C)OC1CC(n2cc(C)c(=O)[nH]c2=O)OC1CC)N(C(C)C)C(C)C. The minimum absolute atomic E-state index is 0.0131. The van der Waals surface area contributed by atoms with Crippen LogP contribution < -0.4 is 67.5 Å². The van der Waals surface area contributed by atoms with Crippen LogP contribution in [0.4, 0.5) is 0 Å². The molecule has 6 N–H and O–H groups in total. The third-order valence-corrected chi connectivity index (χ3v) is 32.5. The predicted molar refractivity (Wildman–Crippen MR) is 511 cm³/mol. The van der Waals surface area contributed by atoms with Crippen molar-refractivity contribution in [3.63, 3.8) is 0 Å².